The number of ketones is 1. The standard InChI is InChI=1S/C28H24N2O6S/c1-4-36-20-13-10-17(14-21(20)35-3)24-23(25(31)16-8-6-5-7-9-16)26(32)27(33)30(24)28-29-19-12-11-18(34-2)15-22(19)37-28/h5-15,24,31H,4H2,1-3H3/t24-/m0/s1. The lowest BCUT2D eigenvalue weighted by molar-refractivity contribution is -0.132. The van der Waals surface area contributed by atoms with Crippen molar-refractivity contribution in [3.8, 4) is 17.2 Å². The predicted octanol–water partition coefficient (Wildman–Crippen LogP) is 5.34. The van der Waals surface area contributed by atoms with Gasteiger partial charge in [-0.2, -0.15) is 0 Å². The Morgan fingerprint density at radius 2 is 1.78 bits per heavy atom. The molecule has 1 atom stereocenters. The van der Waals surface area contributed by atoms with Crippen LogP contribution < -0.4 is 19.1 Å². The molecule has 0 radical (unpaired) electrons. The third-order valence-electron chi connectivity index (χ3n) is 6.09. The molecule has 3 aromatic carbocycles. The van der Waals surface area contributed by atoms with E-state index in [4.69, 9.17) is 14.2 Å². The van der Waals surface area contributed by atoms with E-state index in [9.17, 15) is 14.7 Å². The second-order valence-corrected chi connectivity index (χ2v) is 9.22. The van der Waals surface area contributed by atoms with Crippen molar-refractivity contribution in [3.63, 3.8) is 0 Å². The zero-order valence-electron chi connectivity index (χ0n) is 20.4. The summed E-state index contributed by atoms with van der Waals surface area (Å²) in [5, 5.41) is 11.6. The molecule has 9 heteroatoms. The first-order chi connectivity index (χ1) is 18.0. The molecule has 1 amide bonds. The molecule has 2 heterocycles. The van der Waals surface area contributed by atoms with Crippen molar-refractivity contribution in [2.75, 3.05) is 25.7 Å². The van der Waals surface area contributed by atoms with Gasteiger partial charge in [-0.25, -0.2) is 4.98 Å². The molecule has 1 N–H and O–H groups in total. The smallest absolute Gasteiger partial charge is 0.301 e. The number of aliphatic hydroxyl groups is 1. The zero-order chi connectivity index (χ0) is 26.1. The van der Waals surface area contributed by atoms with Crippen molar-refractivity contribution in [2.24, 2.45) is 0 Å². The number of methoxy groups -OCH3 is 2. The van der Waals surface area contributed by atoms with Gasteiger partial charge >= 0.3 is 5.91 Å². The molecule has 1 aliphatic heterocycles. The second kappa shape index (κ2) is 9.94. The maximum Gasteiger partial charge on any atom is 0.301 e. The number of carbonyl (C=O) groups is 2. The number of amides is 1. The molecule has 0 spiro atoms. The number of Topliss-reactive ketones (excluding diaryl/α,β-unsaturated/α-hetero) is 1. The van der Waals surface area contributed by atoms with Gasteiger partial charge in [-0.1, -0.05) is 47.7 Å². The third-order valence-corrected chi connectivity index (χ3v) is 7.10. The van der Waals surface area contributed by atoms with Gasteiger partial charge in [-0.15, -0.1) is 0 Å². The predicted molar refractivity (Wildman–Crippen MR) is 142 cm³/mol. The van der Waals surface area contributed by atoms with Gasteiger partial charge in [-0.3, -0.25) is 14.5 Å². The fraction of sp³-hybridized carbons (Fsp3) is 0.179. The second-order valence-electron chi connectivity index (χ2n) is 8.21. The average molecular weight is 517 g/mol. The van der Waals surface area contributed by atoms with Gasteiger partial charge in [0.05, 0.1) is 42.7 Å². The van der Waals surface area contributed by atoms with Crippen molar-refractivity contribution in [2.45, 2.75) is 13.0 Å². The molecule has 1 aromatic heterocycles. The number of fused-ring (bicyclic) bond motifs is 1. The zero-order valence-corrected chi connectivity index (χ0v) is 21.2. The van der Waals surface area contributed by atoms with Crippen molar-refractivity contribution in [1.82, 2.24) is 4.98 Å². The maximum atomic E-state index is 13.5. The molecule has 0 unspecified atom stereocenters. The van der Waals surface area contributed by atoms with Gasteiger partial charge in [-0.05, 0) is 42.8 Å². The number of rotatable bonds is 7. The van der Waals surface area contributed by atoms with Crippen molar-refractivity contribution in [3.05, 3.63) is 83.4 Å². The number of carbonyl (C=O) groups excluding carboxylic acids is 2. The number of aromatic nitrogens is 1. The van der Waals surface area contributed by atoms with E-state index in [1.165, 1.54) is 23.3 Å². The lowest BCUT2D eigenvalue weighted by Gasteiger charge is -2.24. The Balaban J connectivity index is 1.72. The van der Waals surface area contributed by atoms with E-state index in [1.54, 1.807) is 67.8 Å². The topological polar surface area (TPSA) is 98.2 Å². The summed E-state index contributed by atoms with van der Waals surface area (Å²) in [4.78, 5) is 32.9. The number of anilines is 1. The minimum absolute atomic E-state index is 0.0285. The summed E-state index contributed by atoms with van der Waals surface area (Å²) in [5.41, 5.74) is 1.62. The van der Waals surface area contributed by atoms with Crippen LogP contribution >= 0.6 is 11.3 Å². The molecule has 8 nitrogen and oxygen atoms in total. The summed E-state index contributed by atoms with van der Waals surface area (Å²) < 4.78 is 17.3. The summed E-state index contributed by atoms with van der Waals surface area (Å²) >= 11 is 1.26. The first-order valence-electron chi connectivity index (χ1n) is 11.6. The van der Waals surface area contributed by atoms with Gasteiger partial charge in [0.2, 0.25) is 0 Å². The quantitative estimate of drug-likeness (QED) is 0.201. The van der Waals surface area contributed by atoms with E-state index in [-0.39, 0.29) is 11.3 Å². The summed E-state index contributed by atoms with van der Waals surface area (Å²) in [7, 11) is 3.09. The van der Waals surface area contributed by atoms with E-state index in [2.05, 4.69) is 4.98 Å². The van der Waals surface area contributed by atoms with E-state index in [0.717, 1.165) is 4.70 Å². The van der Waals surface area contributed by atoms with Crippen LogP contribution in [-0.4, -0.2) is 42.6 Å². The minimum Gasteiger partial charge on any atom is -0.507 e. The molecule has 1 aliphatic rings. The fourth-order valence-electron chi connectivity index (χ4n) is 4.35. The molecule has 5 rings (SSSR count). The fourth-order valence-corrected chi connectivity index (χ4v) is 5.37. The molecular formula is C28H24N2O6S. The lowest BCUT2D eigenvalue weighted by atomic mass is 9.95. The van der Waals surface area contributed by atoms with Crippen LogP contribution in [0.25, 0.3) is 16.0 Å². The number of hydrogen-bond acceptors (Lipinski definition) is 8. The maximum absolute atomic E-state index is 13.5. The van der Waals surface area contributed by atoms with Crippen molar-refractivity contribution >= 4 is 44.1 Å². The highest BCUT2D eigenvalue weighted by molar-refractivity contribution is 7.22. The normalized spacial score (nSPS) is 16.8. The molecule has 4 aromatic rings. The Hall–Kier alpha value is -4.37. The van der Waals surface area contributed by atoms with Gasteiger partial charge in [0.1, 0.15) is 11.5 Å². The van der Waals surface area contributed by atoms with E-state index in [0.29, 0.717) is 45.6 Å². The SMILES string of the molecule is CCOc1ccc([C@H]2C(=C(O)c3ccccc3)C(=O)C(=O)N2c2nc3ccc(OC)cc3s2)cc1OC. The Bertz CT molecular complexity index is 1530. The number of nitrogens with zero attached hydrogens (tertiary/aromatic N) is 2. The van der Waals surface area contributed by atoms with Gasteiger partial charge < -0.3 is 19.3 Å². The highest BCUT2D eigenvalue weighted by Crippen LogP contribution is 2.46. The molecular weight excluding hydrogens is 492 g/mol. The van der Waals surface area contributed by atoms with Crippen LogP contribution in [0, 0.1) is 0 Å². The van der Waals surface area contributed by atoms with Gasteiger partial charge in [0.25, 0.3) is 5.78 Å². The van der Waals surface area contributed by atoms with Crippen LogP contribution in [0.15, 0.2) is 72.3 Å². The number of ether oxygens (including phenoxy) is 3. The molecule has 0 saturated carbocycles. The van der Waals surface area contributed by atoms with Gasteiger partial charge in [0.15, 0.2) is 16.6 Å². The lowest BCUT2D eigenvalue weighted by Crippen LogP contribution is -2.29. The minimum atomic E-state index is -0.938. The number of aliphatic hydroxyl groups excluding tert-OH is 1. The Morgan fingerprint density at radius 3 is 2.49 bits per heavy atom. The van der Waals surface area contributed by atoms with Crippen LogP contribution in [0.3, 0.4) is 0 Å². The largest absolute Gasteiger partial charge is 0.507 e. The molecule has 1 fully saturated rings. The molecule has 1 saturated heterocycles. The summed E-state index contributed by atoms with van der Waals surface area (Å²) in [5.74, 6) is -0.208. The first kappa shape index (κ1) is 24.3. The highest BCUT2D eigenvalue weighted by atomic mass is 32.1. The van der Waals surface area contributed by atoms with Crippen LogP contribution in [-0.2, 0) is 9.59 Å². The first-order valence-corrected chi connectivity index (χ1v) is 12.4. The monoisotopic (exact) mass is 516 g/mol. The van der Waals surface area contributed by atoms with Crippen LogP contribution in [0.1, 0.15) is 24.1 Å². The molecule has 188 valence electrons. The third kappa shape index (κ3) is 4.27. The van der Waals surface area contributed by atoms with Crippen LogP contribution in [0.4, 0.5) is 5.13 Å². The summed E-state index contributed by atoms with van der Waals surface area (Å²) in [6.45, 7) is 2.31. The van der Waals surface area contributed by atoms with E-state index >= 15 is 0 Å². The van der Waals surface area contributed by atoms with Crippen molar-refractivity contribution in [1.29, 1.82) is 0 Å². The number of benzene rings is 3. The Morgan fingerprint density at radius 1 is 1.00 bits per heavy atom. The molecule has 0 bridgehead atoms. The van der Waals surface area contributed by atoms with Crippen LogP contribution in [0.5, 0.6) is 17.2 Å². The highest BCUT2D eigenvalue weighted by Gasteiger charge is 2.48. The molecule has 37 heavy (non-hydrogen) atoms. The summed E-state index contributed by atoms with van der Waals surface area (Å²) in [6, 6.07) is 18.3. The van der Waals surface area contributed by atoms with E-state index < -0.39 is 17.7 Å². The van der Waals surface area contributed by atoms with Crippen molar-refractivity contribution < 1.29 is 28.9 Å². The van der Waals surface area contributed by atoms with E-state index in [1.807, 2.05) is 13.0 Å². The average Bonchev–Trinajstić information content (AvgIpc) is 3.46. The summed E-state index contributed by atoms with van der Waals surface area (Å²) in [6.07, 6.45) is 0. The Kier molecular flexibility index (Phi) is 6.54. The van der Waals surface area contributed by atoms with Crippen LogP contribution in [0.2, 0.25) is 0 Å². The number of thiazole rings is 1. The number of hydrogen-bond donors (Lipinski definition) is 1. The Labute approximate surface area is 217 Å². The molecule has 0 aliphatic carbocycles. The van der Waals surface area contributed by atoms with Gasteiger partial charge in [0, 0.05) is 5.56 Å².